The Morgan fingerprint density at radius 3 is 2.47 bits per heavy atom. The van der Waals surface area contributed by atoms with Crippen LogP contribution in [0.3, 0.4) is 0 Å². The van der Waals surface area contributed by atoms with Gasteiger partial charge in [-0.2, -0.15) is 0 Å². The number of hydrogen-bond acceptors (Lipinski definition) is 4. The van der Waals surface area contributed by atoms with E-state index in [9.17, 15) is 0 Å². The summed E-state index contributed by atoms with van der Waals surface area (Å²) in [5, 5.41) is 3.44. The number of nitrogens with two attached hydrogens (primary N) is 1. The Bertz CT molecular complexity index is 369. The van der Waals surface area contributed by atoms with Crippen LogP contribution in [0.25, 0.3) is 0 Å². The summed E-state index contributed by atoms with van der Waals surface area (Å²) in [6, 6.07) is 6.50. The summed E-state index contributed by atoms with van der Waals surface area (Å²) in [5.41, 5.74) is 6.73. The van der Waals surface area contributed by atoms with Crippen LogP contribution >= 0.6 is 0 Å². The Balaban J connectivity index is 2.66. The second-order valence-corrected chi connectivity index (χ2v) is 4.51. The monoisotopic (exact) mass is 266 g/mol. The van der Waals surface area contributed by atoms with Gasteiger partial charge in [0.1, 0.15) is 0 Å². The van der Waals surface area contributed by atoms with Gasteiger partial charge in [0.15, 0.2) is 11.5 Å². The Morgan fingerprint density at radius 1 is 1.16 bits per heavy atom. The highest BCUT2D eigenvalue weighted by molar-refractivity contribution is 5.43. The maximum Gasteiger partial charge on any atom is 0.161 e. The molecule has 0 spiro atoms. The summed E-state index contributed by atoms with van der Waals surface area (Å²) in [4.78, 5) is 0. The minimum absolute atomic E-state index is 0.423. The number of hydrogen-bond donors (Lipinski definition) is 2. The quantitative estimate of drug-likeness (QED) is 0.720. The normalized spacial score (nSPS) is 12.2. The fraction of sp³-hybridized carbons (Fsp3) is 0.600. The molecule has 1 aromatic rings. The van der Waals surface area contributed by atoms with Crippen molar-refractivity contribution in [3.63, 3.8) is 0 Å². The molecule has 0 aliphatic heterocycles. The van der Waals surface area contributed by atoms with Crippen LogP contribution in [0.15, 0.2) is 18.2 Å². The molecule has 1 aromatic carbocycles. The molecule has 0 aliphatic carbocycles. The lowest BCUT2D eigenvalue weighted by molar-refractivity contribution is 0.287. The van der Waals surface area contributed by atoms with Crippen LogP contribution in [0, 0.1) is 0 Å². The number of benzene rings is 1. The third kappa shape index (κ3) is 5.49. The average molecular weight is 266 g/mol. The fourth-order valence-electron chi connectivity index (χ4n) is 1.85. The van der Waals surface area contributed by atoms with E-state index in [1.54, 1.807) is 0 Å². The van der Waals surface area contributed by atoms with Crippen LogP contribution in [0.1, 0.15) is 32.8 Å². The van der Waals surface area contributed by atoms with Crippen molar-refractivity contribution < 1.29 is 9.47 Å². The molecule has 0 saturated carbocycles. The lowest BCUT2D eigenvalue weighted by Crippen LogP contribution is -2.27. The molecule has 3 N–H and O–H groups in total. The fourth-order valence-corrected chi connectivity index (χ4v) is 1.85. The molecule has 0 bridgehead atoms. The average Bonchev–Trinajstić information content (AvgIpc) is 2.40. The molecule has 19 heavy (non-hydrogen) atoms. The van der Waals surface area contributed by atoms with Gasteiger partial charge in [-0.25, -0.2) is 0 Å². The highest BCUT2D eigenvalue weighted by Crippen LogP contribution is 2.28. The molecular formula is C15H26N2O2. The van der Waals surface area contributed by atoms with Crippen molar-refractivity contribution >= 4 is 0 Å². The summed E-state index contributed by atoms with van der Waals surface area (Å²) < 4.78 is 11.2. The molecule has 0 radical (unpaired) electrons. The van der Waals surface area contributed by atoms with E-state index in [4.69, 9.17) is 15.2 Å². The predicted octanol–water partition coefficient (Wildman–Crippen LogP) is 2.31. The predicted molar refractivity (Wildman–Crippen MR) is 78.8 cm³/mol. The van der Waals surface area contributed by atoms with E-state index in [0.29, 0.717) is 25.8 Å². The summed E-state index contributed by atoms with van der Waals surface area (Å²) >= 11 is 0. The minimum Gasteiger partial charge on any atom is -0.490 e. The molecular weight excluding hydrogens is 240 g/mol. The van der Waals surface area contributed by atoms with Gasteiger partial charge in [-0.05, 0) is 51.4 Å². The molecule has 0 amide bonds. The van der Waals surface area contributed by atoms with E-state index < -0.39 is 0 Å². The zero-order chi connectivity index (χ0) is 14.1. The highest BCUT2D eigenvalue weighted by Gasteiger charge is 2.07. The molecule has 0 aliphatic rings. The van der Waals surface area contributed by atoms with Crippen molar-refractivity contribution in [2.45, 2.75) is 39.8 Å². The van der Waals surface area contributed by atoms with Crippen molar-refractivity contribution in [1.82, 2.24) is 5.32 Å². The van der Waals surface area contributed by atoms with Gasteiger partial charge < -0.3 is 20.5 Å². The molecule has 1 atom stereocenters. The van der Waals surface area contributed by atoms with E-state index in [2.05, 4.69) is 18.3 Å². The number of ether oxygens (including phenoxy) is 2. The Kier molecular flexibility index (Phi) is 7.30. The van der Waals surface area contributed by atoms with Crippen molar-refractivity contribution in [3.05, 3.63) is 23.8 Å². The summed E-state index contributed by atoms with van der Waals surface area (Å²) in [6.07, 6.45) is 0.981. The minimum atomic E-state index is 0.423. The summed E-state index contributed by atoms with van der Waals surface area (Å²) in [6.45, 7) is 8.90. The van der Waals surface area contributed by atoms with E-state index >= 15 is 0 Å². The first-order chi connectivity index (χ1) is 9.21. The standard InChI is InChI=1S/C15H26N2O2/c1-4-18-14-7-6-13(10-15(14)19-5-2)11-17-12(3)8-9-16/h6-7,10,12,17H,4-5,8-9,11,16H2,1-3H3. The van der Waals surface area contributed by atoms with Crippen LogP contribution in [-0.4, -0.2) is 25.8 Å². The van der Waals surface area contributed by atoms with Crippen LogP contribution in [0.4, 0.5) is 0 Å². The highest BCUT2D eigenvalue weighted by atomic mass is 16.5. The maximum absolute atomic E-state index is 5.61. The molecule has 0 fully saturated rings. The van der Waals surface area contributed by atoms with Gasteiger partial charge in [-0.3, -0.25) is 0 Å². The van der Waals surface area contributed by atoms with Gasteiger partial charge in [0, 0.05) is 12.6 Å². The zero-order valence-electron chi connectivity index (χ0n) is 12.2. The van der Waals surface area contributed by atoms with Gasteiger partial charge in [-0.1, -0.05) is 6.07 Å². The number of nitrogens with one attached hydrogen (secondary N) is 1. The second kappa shape index (κ2) is 8.77. The molecule has 0 saturated heterocycles. The SMILES string of the molecule is CCOc1ccc(CNC(C)CCN)cc1OCC. The zero-order valence-corrected chi connectivity index (χ0v) is 12.2. The maximum atomic E-state index is 5.61. The first kappa shape index (κ1) is 15.8. The molecule has 1 unspecified atom stereocenters. The van der Waals surface area contributed by atoms with Crippen molar-refractivity contribution in [2.24, 2.45) is 5.73 Å². The van der Waals surface area contributed by atoms with Crippen LogP contribution in [0.2, 0.25) is 0 Å². The van der Waals surface area contributed by atoms with E-state index in [1.165, 1.54) is 5.56 Å². The molecule has 1 rings (SSSR count). The van der Waals surface area contributed by atoms with Gasteiger partial charge >= 0.3 is 0 Å². The van der Waals surface area contributed by atoms with Crippen molar-refractivity contribution in [2.75, 3.05) is 19.8 Å². The third-order valence-corrected chi connectivity index (χ3v) is 2.86. The molecule has 0 aromatic heterocycles. The summed E-state index contributed by atoms with van der Waals surface area (Å²) in [7, 11) is 0. The van der Waals surface area contributed by atoms with Gasteiger partial charge in [0.05, 0.1) is 13.2 Å². The van der Waals surface area contributed by atoms with Gasteiger partial charge in [-0.15, -0.1) is 0 Å². The first-order valence-corrected chi connectivity index (χ1v) is 7.03. The molecule has 4 nitrogen and oxygen atoms in total. The van der Waals surface area contributed by atoms with Crippen molar-refractivity contribution in [1.29, 1.82) is 0 Å². The van der Waals surface area contributed by atoms with Crippen molar-refractivity contribution in [3.8, 4) is 11.5 Å². The van der Waals surface area contributed by atoms with E-state index in [0.717, 1.165) is 24.5 Å². The van der Waals surface area contributed by atoms with Gasteiger partial charge in [0.2, 0.25) is 0 Å². The second-order valence-electron chi connectivity index (χ2n) is 4.51. The smallest absolute Gasteiger partial charge is 0.161 e. The van der Waals surface area contributed by atoms with Crippen LogP contribution < -0.4 is 20.5 Å². The number of rotatable bonds is 9. The largest absolute Gasteiger partial charge is 0.490 e. The molecule has 0 heterocycles. The van der Waals surface area contributed by atoms with Crippen LogP contribution in [0.5, 0.6) is 11.5 Å². The van der Waals surface area contributed by atoms with Gasteiger partial charge in [0.25, 0.3) is 0 Å². The topological polar surface area (TPSA) is 56.5 Å². The Hall–Kier alpha value is -1.26. The van der Waals surface area contributed by atoms with E-state index in [-0.39, 0.29) is 0 Å². The molecule has 108 valence electrons. The van der Waals surface area contributed by atoms with Crippen LogP contribution in [-0.2, 0) is 6.54 Å². The Morgan fingerprint density at radius 2 is 1.84 bits per heavy atom. The summed E-state index contributed by atoms with van der Waals surface area (Å²) in [5.74, 6) is 1.62. The van der Waals surface area contributed by atoms with E-state index in [1.807, 2.05) is 26.0 Å². The lowest BCUT2D eigenvalue weighted by Gasteiger charge is -2.15. The first-order valence-electron chi connectivity index (χ1n) is 7.03. The molecule has 4 heteroatoms. The Labute approximate surface area is 116 Å². The lowest BCUT2D eigenvalue weighted by atomic mass is 10.1. The third-order valence-electron chi connectivity index (χ3n) is 2.86.